The predicted molar refractivity (Wildman–Crippen MR) is 145 cm³/mol. The molecule has 2 unspecified atom stereocenters. The molecule has 206 valence electrons. The highest BCUT2D eigenvalue weighted by molar-refractivity contribution is 5.84. The molecule has 0 radical (unpaired) electrons. The molecule has 2 aliphatic heterocycles. The van der Waals surface area contributed by atoms with Gasteiger partial charge in [0.25, 0.3) is 0 Å². The van der Waals surface area contributed by atoms with Crippen LogP contribution in [0, 0.1) is 5.41 Å². The fraction of sp³-hybridized carbons (Fsp3) is 0.733. The standard InChI is InChI=1S/C30H47N3O4/c1-30(2,22-34)29(36)33(24-10-6-4-7-11-24)25-16-19-32(21-25)28(35)27(31-17-8-5-9-18-31)20-23-12-14-26(37-3)15-13-23/h12-15,24-25,27,34H,4-11,16-22H2,1-3H3. The Bertz CT molecular complexity index is 891. The SMILES string of the molecule is COc1ccc(CC(C(=O)N2CCC(N(C(=O)C(C)(C)CO)C3CCCCC3)C2)N2CCCCC2)cc1. The first kappa shape index (κ1) is 27.9. The second kappa shape index (κ2) is 12.6. The van der Waals surface area contributed by atoms with E-state index in [1.165, 1.54) is 12.8 Å². The van der Waals surface area contributed by atoms with E-state index in [0.29, 0.717) is 19.5 Å². The van der Waals surface area contributed by atoms with Crippen LogP contribution in [0.25, 0.3) is 0 Å². The average molecular weight is 514 g/mol. The first-order valence-electron chi connectivity index (χ1n) is 14.4. The summed E-state index contributed by atoms with van der Waals surface area (Å²) in [6.45, 7) is 6.71. The lowest BCUT2D eigenvalue weighted by molar-refractivity contribution is -0.149. The van der Waals surface area contributed by atoms with Crippen molar-refractivity contribution in [3.63, 3.8) is 0 Å². The zero-order valence-electron chi connectivity index (χ0n) is 23.2. The van der Waals surface area contributed by atoms with E-state index in [1.807, 2.05) is 30.9 Å². The molecule has 7 heteroatoms. The van der Waals surface area contributed by atoms with Gasteiger partial charge >= 0.3 is 0 Å². The molecule has 1 aromatic rings. The number of nitrogens with zero attached hydrogens (tertiary/aromatic N) is 3. The molecule has 2 amide bonds. The van der Waals surface area contributed by atoms with Crippen molar-refractivity contribution >= 4 is 11.8 Å². The zero-order valence-corrected chi connectivity index (χ0v) is 23.2. The second-order valence-electron chi connectivity index (χ2n) is 11.9. The molecule has 37 heavy (non-hydrogen) atoms. The van der Waals surface area contributed by atoms with Crippen molar-refractivity contribution in [1.82, 2.24) is 14.7 Å². The van der Waals surface area contributed by atoms with E-state index in [0.717, 1.165) is 69.3 Å². The third-order valence-corrected chi connectivity index (χ3v) is 8.75. The quantitative estimate of drug-likeness (QED) is 0.543. The number of rotatable bonds is 9. The number of carbonyl (C=O) groups is 2. The summed E-state index contributed by atoms with van der Waals surface area (Å²) < 4.78 is 5.32. The molecule has 1 aliphatic carbocycles. The summed E-state index contributed by atoms with van der Waals surface area (Å²) in [4.78, 5) is 34.2. The number of hydrogen-bond donors (Lipinski definition) is 1. The van der Waals surface area contributed by atoms with Crippen LogP contribution in [0.1, 0.15) is 77.2 Å². The Morgan fingerprint density at radius 3 is 2.24 bits per heavy atom. The minimum absolute atomic E-state index is 0.0216. The van der Waals surface area contributed by atoms with Crippen molar-refractivity contribution < 1.29 is 19.4 Å². The molecular formula is C30H47N3O4. The Kier molecular flexibility index (Phi) is 9.51. The number of hydrogen-bond acceptors (Lipinski definition) is 5. The van der Waals surface area contributed by atoms with Gasteiger partial charge in [-0.2, -0.15) is 0 Å². The van der Waals surface area contributed by atoms with Crippen LogP contribution in [0.5, 0.6) is 5.75 Å². The maximum atomic E-state index is 14.1. The van der Waals surface area contributed by atoms with Crippen LogP contribution in [0.3, 0.4) is 0 Å². The van der Waals surface area contributed by atoms with Crippen LogP contribution in [-0.2, 0) is 16.0 Å². The number of likely N-dealkylation sites (tertiary alicyclic amines) is 2. The van der Waals surface area contributed by atoms with Gasteiger partial charge in [-0.15, -0.1) is 0 Å². The van der Waals surface area contributed by atoms with Gasteiger partial charge in [0, 0.05) is 19.1 Å². The van der Waals surface area contributed by atoms with Gasteiger partial charge in [0.1, 0.15) is 5.75 Å². The smallest absolute Gasteiger partial charge is 0.240 e. The molecule has 0 spiro atoms. The summed E-state index contributed by atoms with van der Waals surface area (Å²) in [5.74, 6) is 1.05. The summed E-state index contributed by atoms with van der Waals surface area (Å²) in [7, 11) is 1.67. The van der Waals surface area contributed by atoms with Gasteiger partial charge in [-0.05, 0) is 83.2 Å². The molecular weight excluding hydrogens is 466 g/mol. The molecule has 1 aromatic carbocycles. The van der Waals surface area contributed by atoms with E-state index in [9.17, 15) is 14.7 Å². The van der Waals surface area contributed by atoms with Crippen molar-refractivity contribution in [2.75, 3.05) is 39.9 Å². The Labute approximate surface area is 223 Å². The lowest BCUT2D eigenvalue weighted by Crippen LogP contribution is -2.55. The molecule has 1 N–H and O–H groups in total. The van der Waals surface area contributed by atoms with Gasteiger partial charge in [0.15, 0.2) is 0 Å². The molecule has 2 saturated heterocycles. The highest BCUT2D eigenvalue weighted by Gasteiger charge is 2.43. The molecule has 1 saturated carbocycles. The number of methoxy groups -OCH3 is 1. The average Bonchev–Trinajstić information content (AvgIpc) is 3.42. The summed E-state index contributed by atoms with van der Waals surface area (Å²) >= 11 is 0. The van der Waals surface area contributed by atoms with Crippen LogP contribution >= 0.6 is 0 Å². The Morgan fingerprint density at radius 1 is 0.973 bits per heavy atom. The fourth-order valence-corrected chi connectivity index (χ4v) is 6.37. The number of ether oxygens (including phenoxy) is 1. The van der Waals surface area contributed by atoms with E-state index in [4.69, 9.17) is 4.74 Å². The maximum absolute atomic E-state index is 14.1. The normalized spacial score (nSPS) is 22.6. The van der Waals surface area contributed by atoms with Crippen LogP contribution < -0.4 is 4.74 Å². The van der Waals surface area contributed by atoms with Crippen LogP contribution in [0.15, 0.2) is 24.3 Å². The number of amides is 2. The van der Waals surface area contributed by atoms with E-state index in [2.05, 4.69) is 21.9 Å². The van der Waals surface area contributed by atoms with Crippen LogP contribution in [0.4, 0.5) is 0 Å². The summed E-state index contributed by atoms with van der Waals surface area (Å²) in [6, 6.07) is 8.12. The molecule has 3 fully saturated rings. The van der Waals surface area contributed by atoms with Gasteiger partial charge in [-0.1, -0.05) is 37.8 Å². The largest absolute Gasteiger partial charge is 0.497 e. The monoisotopic (exact) mass is 513 g/mol. The van der Waals surface area contributed by atoms with Crippen molar-refractivity contribution in [2.24, 2.45) is 5.41 Å². The maximum Gasteiger partial charge on any atom is 0.240 e. The first-order chi connectivity index (χ1) is 17.8. The van der Waals surface area contributed by atoms with Gasteiger partial charge in [-0.3, -0.25) is 14.5 Å². The zero-order chi connectivity index (χ0) is 26.4. The molecule has 2 heterocycles. The minimum atomic E-state index is -0.806. The predicted octanol–water partition coefficient (Wildman–Crippen LogP) is 3.87. The Hall–Kier alpha value is -2.12. The van der Waals surface area contributed by atoms with E-state index in [-0.39, 0.29) is 36.5 Å². The van der Waals surface area contributed by atoms with Crippen molar-refractivity contribution in [2.45, 2.75) is 96.2 Å². The summed E-state index contributed by atoms with van der Waals surface area (Å²) in [5, 5.41) is 9.96. The Morgan fingerprint density at radius 2 is 1.62 bits per heavy atom. The van der Waals surface area contributed by atoms with Crippen molar-refractivity contribution in [3.05, 3.63) is 29.8 Å². The third kappa shape index (κ3) is 6.66. The molecule has 7 nitrogen and oxygen atoms in total. The molecule has 0 aromatic heterocycles. The van der Waals surface area contributed by atoms with Crippen molar-refractivity contribution in [1.29, 1.82) is 0 Å². The number of piperidine rings is 1. The molecule has 2 atom stereocenters. The molecule has 0 bridgehead atoms. The van der Waals surface area contributed by atoms with E-state index in [1.54, 1.807) is 7.11 Å². The van der Waals surface area contributed by atoms with Gasteiger partial charge < -0.3 is 19.6 Å². The minimum Gasteiger partial charge on any atom is -0.497 e. The van der Waals surface area contributed by atoms with Crippen LogP contribution in [0.2, 0.25) is 0 Å². The summed E-state index contributed by atoms with van der Waals surface area (Å²) in [6.07, 6.45) is 10.5. The molecule has 3 aliphatic rings. The topological polar surface area (TPSA) is 73.3 Å². The van der Waals surface area contributed by atoms with Gasteiger partial charge in [0.05, 0.1) is 31.2 Å². The number of carbonyl (C=O) groups excluding carboxylic acids is 2. The lowest BCUT2D eigenvalue weighted by atomic mass is 9.87. The van der Waals surface area contributed by atoms with Crippen LogP contribution in [-0.4, -0.2) is 89.6 Å². The lowest BCUT2D eigenvalue weighted by Gasteiger charge is -2.42. The first-order valence-corrected chi connectivity index (χ1v) is 14.4. The van der Waals surface area contributed by atoms with Crippen molar-refractivity contribution in [3.8, 4) is 5.75 Å². The summed E-state index contributed by atoms with van der Waals surface area (Å²) in [5.41, 5.74) is 0.337. The Balaban J connectivity index is 1.51. The number of aliphatic hydroxyl groups excluding tert-OH is 1. The highest BCUT2D eigenvalue weighted by Crippen LogP contribution is 2.32. The fourth-order valence-electron chi connectivity index (χ4n) is 6.37. The van der Waals surface area contributed by atoms with Gasteiger partial charge in [0.2, 0.25) is 11.8 Å². The van der Waals surface area contributed by atoms with Gasteiger partial charge in [-0.25, -0.2) is 0 Å². The third-order valence-electron chi connectivity index (χ3n) is 8.75. The highest BCUT2D eigenvalue weighted by atomic mass is 16.5. The van der Waals surface area contributed by atoms with E-state index >= 15 is 0 Å². The van der Waals surface area contributed by atoms with E-state index < -0.39 is 5.41 Å². The molecule has 4 rings (SSSR count). The number of aliphatic hydroxyl groups is 1. The number of benzene rings is 1. The second-order valence-corrected chi connectivity index (χ2v) is 11.9.